The first-order valence-corrected chi connectivity index (χ1v) is 14.9. The van der Waals surface area contributed by atoms with E-state index < -0.39 is 11.6 Å². The van der Waals surface area contributed by atoms with E-state index >= 15 is 0 Å². The lowest BCUT2D eigenvalue weighted by Crippen LogP contribution is -2.64. The number of halogens is 2. The van der Waals surface area contributed by atoms with Crippen molar-refractivity contribution >= 4 is 64.0 Å². The van der Waals surface area contributed by atoms with Crippen molar-refractivity contribution in [1.82, 2.24) is 30.4 Å². The number of amides is 3. The molecule has 13 heteroatoms. The largest absolute Gasteiger partial charge is 0.368 e. The Balaban J connectivity index is 0.00000337. The first-order chi connectivity index (χ1) is 19.2. The van der Waals surface area contributed by atoms with Crippen LogP contribution in [0.25, 0.3) is 10.9 Å². The molecule has 220 valence electrons. The Morgan fingerprint density at radius 2 is 1.93 bits per heavy atom. The van der Waals surface area contributed by atoms with Crippen LogP contribution < -0.4 is 10.6 Å². The second kappa shape index (κ2) is 11.9. The minimum Gasteiger partial charge on any atom is -0.368 e. The molecule has 2 fully saturated rings. The van der Waals surface area contributed by atoms with Gasteiger partial charge < -0.3 is 30.2 Å². The molecule has 10 nitrogen and oxygen atoms in total. The normalized spacial score (nSPS) is 21.9. The molecule has 3 aromatic rings. The monoisotopic (exact) mass is 620 g/mol. The fourth-order valence-electron chi connectivity index (χ4n) is 5.87. The Morgan fingerprint density at radius 3 is 2.66 bits per heavy atom. The molecule has 4 heterocycles. The van der Waals surface area contributed by atoms with E-state index in [0.717, 1.165) is 47.4 Å². The molecule has 3 amide bonds. The van der Waals surface area contributed by atoms with Gasteiger partial charge in [0.05, 0.1) is 17.8 Å². The maximum Gasteiger partial charge on any atom is 0.280 e. The second-order valence-electron chi connectivity index (χ2n) is 11.0. The first kappa shape index (κ1) is 29.8. The molecule has 1 aromatic carbocycles. The van der Waals surface area contributed by atoms with Crippen molar-refractivity contribution < 1.29 is 19.1 Å². The molecular weight excluding hydrogens is 587 g/mol. The number of carbonyl (C=O) groups excluding carboxylic acids is 3. The Kier molecular flexibility index (Phi) is 8.63. The van der Waals surface area contributed by atoms with Gasteiger partial charge >= 0.3 is 0 Å². The first-order valence-electron chi connectivity index (χ1n) is 13.7. The van der Waals surface area contributed by atoms with Crippen LogP contribution in [0.4, 0.5) is 0 Å². The highest BCUT2D eigenvalue weighted by atomic mass is 35.5. The third kappa shape index (κ3) is 5.83. The summed E-state index contributed by atoms with van der Waals surface area (Å²) in [4.78, 5) is 53.0. The number of ether oxygens (including phenoxy) is 1. The van der Waals surface area contributed by atoms with Gasteiger partial charge in [-0.25, -0.2) is 4.98 Å². The molecule has 2 atom stereocenters. The molecular formula is C28H34Cl2N6O4S. The van der Waals surface area contributed by atoms with Crippen LogP contribution in [-0.2, 0) is 22.5 Å². The van der Waals surface area contributed by atoms with Gasteiger partial charge in [0.15, 0.2) is 5.01 Å². The standard InChI is InChI=1S/C28H33ClN6O4S.ClH/c1-34-10-6-20-23(15-34)40-26(33-20)25(37)32-22-14-35(27(38)28(39-2)8-3-9-28)11-7-19(22)31-24(36)21-13-16-12-17(29)4-5-18(16)30-21;/h4-5,12-13,19,22,30H,3,6-11,14-15H2,1-2H3,(H,31,36)(H,32,37);1H/t19-,22+;/m0./s1. The SMILES string of the molecule is COC1(C(=O)N2CC[C@H](NC(=O)c3cc4cc(Cl)ccc4[nH]3)[C@H](NC(=O)c3nc4c(s3)CN(C)CC4)C2)CCC1.Cl. The van der Waals surface area contributed by atoms with Crippen molar-refractivity contribution in [3.05, 3.63) is 50.6 Å². The summed E-state index contributed by atoms with van der Waals surface area (Å²) in [5, 5.41) is 8.05. The maximum absolute atomic E-state index is 13.4. The lowest BCUT2D eigenvalue weighted by Gasteiger charge is -2.46. The molecule has 2 aromatic heterocycles. The Bertz CT molecular complexity index is 1470. The van der Waals surface area contributed by atoms with Crippen LogP contribution in [0.3, 0.4) is 0 Å². The van der Waals surface area contributed by atoms with Gasteiger partial charge in [0, 0.05) is 60.5 Å². The number of aromatic nitrogens is 2. The molecule has 0 bridgehead atoms. The number of rotatable bonds is 6. The maximum atomic E-state index is 13.4. The number of hydrogen-bond acceptors (Lipinski definition) is 7. The van der Waals surface area contributed by atoms with Crippen molar-refractivity contribution in [2.75, 3.05) is 33.8 Å². The summed E-state index contributed by atoms with van der Waals surface area (Å²) < 4.78 is 5.64. The van der Waals surface area contributed by atoms with E-state index in [1.165, 1.54) is 11.3 Å². The summed E-state index contributed by atoms with van der Waals surface area (Å²) in [6.45, 7) is 2.42. The van der Waals surface area contributed by atoms with Gasteiger partial charge in [-0.2, -0.15) is 0 Å². The molecule has 1 aliphatic carbocycles. The molecule has 6 rings (SSSR count). The molecule has 0 radical (unpaired) electrons. The van der Waals surface area contributed by atoms with Crippen molar-refractivity contribution in [2.24, 2.45) is 0 Å². The quantitative estimate of drug-likeness (QED) is 0.389. The highest BCUT2D eigenvalue weighted by molar-refractivity contribution is 7.13. The molecule has 3 aliphatic rings. The van der Waals surface area contributed by atoms with Crippen molar-refractivity contribution in [3.8, 4) is 0 Å². The zero-order valence-electron chi connectivity index (χ0n) is 23.0. The molecule has 41 heavy (non-hydrogen) atoms. The van der Waals surface area contributed by atoms with Gasteiger partial charge in [0.25, 0.3) is 17.7 Å². The minimum atomic E-state index is -0.781. The molecule has 1 saturated carbocycles. The molecule has 1 saturated heterocycles. The summed E-state index contributed by atoms with van der Waals surface area (Å²) >= 11 is 7.53. The third-order valence-electron chi connectivity index (χ3n) is 8.42. The van der Waals surface area contributed by atoms with Crippen LogP contribution in [0.5, 0.6) is 0 Å². The number of benzene rings is 1. The van der Waals surface area contributed by atoms with E-state index in [1.807, 2.05) is 6.07 Å². The number of likely N-dealkylation sites (tertiary alicyclic amines) is 1. The van der Waals surface area contributed by atoms with Gasteiger partial charge in [0.2, 0.25) is 0 Å². The second-order valence-corrected chi connectivity index (χ2v) is 12.6. The third-order valence-corrected chi connectivity index (χ3v) is 9.73. The van der Waals surface area contributed by atoms with Crippen molar-refractivity contribution in [2.45, 2.75) is 56.3 Å². The van der Waals surface area contributed by atoms with Crippen molar-refractivity contribution in [1.29, 1.82) is 0 Å². The van der Waals surface area contributed by atoms with E-state index in [1.54, 1.807) is 30.2 Å². The number of aromatic amines is 1. The van der Waals surface area contributed by atoms with Gasteiger partial charge in [0.1, 0.15) is 11.3 Å². The summed E-state index contributed by atoms with van der Waals surface area (Å²) in [7, 11) is 3.64. The number of methoxy groups -OCH3 is 1. The topological polar surface area (TPSA) is 120 Å². The summed E-state index contributed by atoms with van der Waals surface area (Å²) in [6.07, 6.45) is 3.65. The van der Waals surface area contributed by atoms with E-state index in [4.69, 9.17) is 16.3 Å². The van der Waals surface area contributed by atoms with Crippen LogP contribution in [0.1, 0.15) is 56.5 Å². The smallest absolute Gasteiger partial charge is 0.280 e. The predicted octanol–water partition coefficient (Wildman–Crippen LogP) is 3.39. The fourth-order valence-corrected chi connectivity index (χ4v) is 7.14. The Morgan fingerprint density at radius 1 is 1.15 bits per heavy atom. The van der Waals surface area contributed by atoms with E-state index in [-0.39, 0.29) is 42.7 Å². The Labute approximate surface area is 253 Å². The van der Waals surface area contributed by atoms with Crippen LogP contribution in [0.15, 0.2) is 24.3 Å². The highest BCUT2D eigenvalue weighted by Crippen LogP contribution is 2.37. The van der Waals surface area contributed by atoms with Gasteiger partial charge in [-0.15, -0.1) is 23.7 Å². The van der Waals surface area contributed by atoms with Crippen LogP contribution in [-0.4, -0.2) is 89.0 Å². The van der Waals surface area contributed by atoms with E-state index in [2.05, 4.69) is 32.5 Å². The zero-order valence-corrected chi connectivity index (χ0v) is 25.4. The van der Waals surface area contributed by atoms with Crippen molar-refractivity contribution in [3.63, 3.8) is 0 Å². The minimum absolute atomic E-state index is 0. The highest BCUT2D eigenvalue weighted by Gasteiger charge is 2.48. The number of nitrogens with zero attached hydrogens (tertiary/aromatic N) is 3. The van der Waals surface area contributed by atoms with Gasteiger partial charge in [-0.05, 0) is 57.0 Å². The number of nitrogens with one attached hydrogen (secondary N) is 3. The summed E-state index contributed by atoms with van der Waals surface area (Å²) in [5.74, 6) is -0.618. The number of thiazole rings is 1. The van der Waals surface area contributed by atoms with Crippen LogP contribution in [0, 0.1) is 0 Å². The number of fused-ring (bicyclic) bond motifs is 2. The fraction of sp³-hybridized carbons (Fsp3) is 0.500. The molecule has 3 N–H and O–H groups in total. The van der Waals surface area contributed by atoms with Crippen LogP contribution >= 0.6 is 35.3 Å². The zero-order chi connectivity index (χ0) is 28.0. The lowest BCUT2D eigenvalue weighted by molar-refractivity contribution is -0.167. The summed E-state index contributed by atoms with van der Waals surface area (Å²) in [5.41, 5.74) is 1.41. The van der Waals surface area contributed by atoms with E-state index in [0.29, 0.717) is 41.5 Å². The predicted molar refractivity (Wildman–Crippen MR) is 160 cm³/mol. The Hall–Kier alpha value is -2.70. The molecule has 0 spiro atoms. The lowest BCUT2D eigenvalue weighted by atomic mass is 9.78. The van der Waals surface area contributed by atoms with Gasteiger partial charge in [-0.3, -0.25) is 14.4 Å². The number of carbonyl (C=O) groups is 3. The van der Waals surface area contributed by atoms with Gasteiger partial charge in [-0.1, -0.05) is 11.6 Å². The van der Waals surface area contributed by atoms with Crippen LogP contribution in [0.2, 0.25) is 5.02 Å². The average molecular weight is 622 g/mol. The average Bonchev–Trinajstić information content (AvgIpc) is 3.53. The summed E-state index contributed by atoms with van der Waals surface area (Å²) in [6, 6.07) is 6.29. The van der Waals surface area contributed by atoms with E-state index in [9.17, 15) is 14.4 Å². The molecule has 2 aliphatic heterocycles. The molecule has 0 unspecified atom stereocenters. The number of piperidine rings is 1. The number of H-pyrrole nitrogens is 1. The number of hydrogen-bond donors (Lipinski definition) is 3. The number of likely N-dealkylation sites (N-methyl/N-ethyl adjacent to an activating group) is 1.